The molecule has 130 valence electrons. The van der Waals surface area contributed by atoms with E-state index >= 15 is 0 Å². The summed E-state index contributed by atoms with van der Waals surface area (Å²) in [6.07, 6.45) is 1.09. The van der Waals surface area contributed by atoms with Gasteiger partial charge in [0.15, 0.2) is 6.10 Å². The minimum atomic E-state index is -0.462. The molecule has 0 aliphatic heterocycles. The van der Waals surface area contributed by atoms with E-state index in [-0.39, 0.29) is 16.9 Å². The van der Waals surface area contributed by atoms with Crippen molar-refractivity contribution in [3.05, 3.63) is 29.3 Å². The molecule has 1 aromatic rings. The molecule has 1 rings (SSSR count). The van der Waals surface area contributed by atoms with E-state index in [9.17, 15) is 4.79 Å². The molecule has 0 saturated carbocycles. The molecule has 1 atom stereocenters. The zero-order valence-electron chi connectivity index (χ0n) is 16.0. The first-order chi connectivity index (χ1) is 10.4. The van der Waals surface area contributed by atoms with Crippen molar-refractivity contribution in [2.45, 2.75) is 79.9 Å². The van der Waals surface area contributed by atoms with Crippen molar-refractivity contribution in [3.8, 4) is 5.75 Å². The maximum absolute atomic E-state index is 12.6. The summed E-state index contributed by atoms with van der Waals surface area (Å²) in [4.78, 5) is 12.6. The van der Waals surface area contributed by atoms with Gasteiger partial charge in [0.25, 0.3) is 5.91 Å². The van der Waals surface area contributed by atoms with Gasteiger partial charge in [-0.25, -0.2) is 0 Å². The van der Waals surface area contributed by atoms with Crippen molar-refractivity contribution in [2.75, 3.05) is 0 Å². The maximum Gasteiger partial charge on any atom is 0.261 e. The van der Waals surface area contributed by atoms with Gasteiger partial charge in [0.1, 0.15) is 5.75 Å². The van der Waals surface area contributed by atoms with Gasteiger partial charge in [-0.1, -0.05) is 33.8 Å². The van der Waals surface area contributed by atoms with E-state index < -0.39 is 6.10 Å². The van der Waals surface area contributed by atoms with Crippen LogP contribution in [-0.4, -0.2) is 17.6 Å². The second-order valence-corrected chi connectivity index (χ2v) is 8.37. The average molecular weight is 319 g/mol. The largest absolute Gasteiger partial charge is 0.481 e. The van der Waals surface area contributed by atoms with Gasteiger partial charge in [-0.2, -0.15) is 0 Å². The third kappa shape index (κ3) is 6.64. The SMILES string of the molecule is CCC(Oc1ccc(C)c(C)c1)C(=O)NC(C)(C)CC(C)(C)C. The molecule has 1 amide bonds. The molecule has 0 aliphatic rings. The van der Waals surface area contributed by atoms with Crippen LogP contribution in [0.15, 0.2) is 18.2 Å². The van der Waals surface area contributed by atoms with Crippen molar-refractivity contribution >= 4 is 5.91 Å². The van der Waals surface area contributed by atoms with Crippen LogP contribution in [0, 0.1) is 19.3 Å². The minimum Gasteiger partial charge on any atom is -0.481 e. The Morgan fingerprint density at radius 3 is 2.22 bits per heavy atom. The van der Waals surface area contributed by atoms with Gasteiger partial charge in [-0.15, -0.1) is 0 Å². The van der Waals surface area contributed by atoms with E-state index in [0.717, 1.165) is 12.2 Å². The third-order valence-corrected chi connectivity index (χ3v) is 3.85. The fourth-order valence-corrected chi connectivity index (χ4v) is 3.06. The smallest absolute Gasteiger partial charge is 0.261 e. The fourth-order valence-electron chi connectivity index (χ4n) is 3.06. The Balaban J connectivity index is 2.76. The van der Waals surface area contributed by atoms with Gasteiger partial charge in [0.2, 0.25) is 0 Å². The van der Waals surface area contributed by atoms with Crippen molar-refractivity contribution in [3.63, 3.8) is 0 Å². The predicted octanol–water partition coefficient (Wildman–Crippen LogP) is 4.79. The molecule has 1 aromatic carbocycles. The molecule has 0 fully saturated rings. The van der Waals surface area contributed by atoms with Crippen LogP contribution in [0.5, 0.6) is 5.75 Å². The lowest BCUT2D eigenvalue weighted by atomic mass is 9.81. The highest BCUT2D eigenvalue weighted by molar-refractivity contribution is 5.81. The van der Waals surface area contributed by atoms with Gasteiger partial charge in [0, 0.05) is 5.54 Å². The van der Waals surface area contributed by atoms with Gasteiger partial charge in [0.05, 0.1) is 0 Å². The Bertz CT molecular complexity index is 541. The number of carbonyl (C=O) groups is 1. The van der Waals surface area contributed by atoms with E-state index in [0.29, 0.717) is 6.42 Å². The summed E-state index contributed by atoms with van der Waals surface area (Å²) in [6, 6.07) is 5.95. The van der Waals surface area contributed by atoms with Crippen molar-refractivity contribution in [2.24, 2.45) is 5.41 Å². The highest BCUT2D eigenvalue weighted by atomic mass is 16.5. The summed E-state index contributed by atoms with van der Waals surface area (Å²) in [6.45, 7) is 16.8. The summed E-state index contributed by atoms with van der Waals surface area (Å²) in [7, 11) is 0. The number of carbonyl (C=O) groups excluding carboxylic acids is 1. The molecular weight excluding hydrogens is 286 g/mol. The molecule has 0 bridgehead atoms. The van der Waals surface area contributed by atoms with E-state index in [1.165, 1.54) is 11.1 Å². The van der Waals surface area contributed by atoms with Crippen molar-refractivity contribution in [1.82, 2.24) is 5.32 Å². The van der Waals surface area contributed by atoms with E-state index in [4.69, 9.17) is 4.74 Å². The Labute approximate surface area is 141 Å². The minimum absolute atomic E-state index is 0.0417. The summed E-state index contributed by atoms with van der Waals surface area (Å²) in [5.41, 5.74) is 2.30. The Morgan fingerprint density at radius 2 is 1.74 bits per heavy atom. The molecule has 23 heavy (non-hydrogen) atoms. The number of ether oxygens (including phenoxy) is 1. The number of benzene rings is 1. The van der Waals surface area contributed by atoms with Crippen LogP contribution >= 0.6 is 0 Å². The van der Waals surface area contributed by atoms with Crippen LogP contribution in [0.2, 0.25) is 0 Å². The highest BCUT2D eigenvalue weighted by Gasteiger charge is 2.30. The van der Waals surface area contributed by atoms with Crippen LogP contribution in [0.25, 0.3) is 0 Å². The van der Waals surface area contributed by atoms with Crippen LogP contribution in [0.4, 0.5) is 0 Å². The highest BCUT2D eigenvalue weighted by Crippen LogP contribution is 2.27. The number of hydrogen-bond acceptors (Lipinski definition) is 2. The predicted molar refractivity (Wildman–Crippen MR) is 96.9 cm³/mol. The molecule has 0 spiro atoms. The molecule has 0 saturated heterocycles. The topological polar surface area (TPSA) is 38.3 Å². The van der Waals surface area contributed by atoms with E-state index in [2.05, 4.69) is 53.8 Å². The number of nitrogens with one attached hydrogen (secondary N) is 1. The van der Waals surface area contributed by atoms with Gasteiger partial charge < -0.3 is 10.1 Å². The zero-order chi connectivity index (χ0) is 17.8. The molecule has 0 aliphatic carbocycles. The lowest BCUT2D eigenvalue weighted by Gasteiger charge is -2.34. The Hall–Kier alpha value is -1.51. The van der Waals surface area contributed by atoms with Crippen LogP contribution in [0.3, 0.4) is 0 Å². The first-order valence-corrected chi connectivity index (χ1v) is 8.49. The first kappa shape index (κ1) is 19.5. The van der Waals surface area contributed by atoms with Gasteiger partial charge in [-0.3, -0.25) is 4.79 Å². The molecule has 0 aromatic heterocycles. The molecule has 3 heteroatoms. The van der Waals surface area contributed by atoms with Crippen molar-refractivity contribution in [1.29, 1.82) is 0 Å². The van der Waals surface area contributed by atoms with Crippen molar-refractivity contribution < 1.29 is 9.53 Å². The molecule has 0 heterocycles. The monoisotopic (exact) mass is 319 g/mol. The maximum atomic E-state index is 12.6. The lowest BCUT2D eigenvalue weighted by Crippen LogP contribution is -2.50. The summed E-state index contributed by atoms with van der Waals surface area (Å²) >= 11 is 0. The van der Waals surface area contributed by atoms with Crippen LogP contribution in [0.1, 0.15) is 65.5 Å². The molecule has 1 N–H and O–H groups in total. The zero-order valence-corrected chi connectivity index (χ0v) is 16.0. The Morgan fingerprint density at radius 1 is 1.13 bits per heavy atom. The van der Waals surface area contributed by atoms with Gasteiger partial charge >= 0.3 is 0 Å². The second kappa shape index (κ2) is 7.37. The average Bonchev–Trinajstić information content (AvgIpc) is 2.36. The van der Waals surface area contributed by atoms with Crippen LogP contribution < -0.4 is 10.1 Å². The first-order valence-electron chi connectivity index (χ1n) is 8.49. The number of hydrogen-bond donors (Lipinski definition) is 1. The fraction of sp³-hybridized carbons (Fsp3) is 0.650. The quantitative estimate of drug-likeness (QED) is 0.818. The van der Waals surface area contributed by atoms with E-state index in [1.807, 2.05) is 25.1 Å². The van der Waals surface area contributed by atoms with Gasteiger partial charge in [-0.05, 0) is 69.2 Å². The molecule has 1 unspecified atom stereocenters. The normalized spacial score (nSPS) is 13.6. The number of aryl methyl sites for hydroxylation is 2. The molecule has 0 radical (unpaired) electrons. The summed E-state index contributed by atoms with van der Waals surface area (Å²) in [5.74, 6) is 0.712. The standard InChI is InChI=1S/C20H33NO2/c1-9-17(23-16-11-10-14(2)15(3)12-16)18(22)21-20(7,8)13-19(4,5)6/h10-12,17H,9,13H2,1-8H3,(H,21,22). The third-order valence-electron chi connectivity index (χ3n) is 3.85. The second-order valence-electron chi connectivity index (χ2n) is 8.37. The van der Waals surface area contributed by atoms with E-state index in [1.54, 1.807) is 0 Å². The molecule has 3 nitrogen and oxygen atoms in total. The van der Waals surface area contributed by atoms with Crippen LogP contribution in [-0.2, 0) is 4.79 Å². The summed E-state index contributed by atoms with van der Waals surface area (Å²) in [5, 5.41) is 3.15. The number of rotatable bonds is 6. The lowest BCUT2D eigenvalue weighted by molar-refractivity contribution is -0.130. The summed E-state index contributed by atoms with van der Waals surface area (Å²) < 4.78 is 5.93. The Kier molecular flexibility index (Phi) is 6.26. The molecular formula is C20H33NO2. The number of amides is 1.